The number of rotatable bonds is 2. The number of nitrogens with zero attached hydrogens (tertiary/aromatic N) is 2. The smallest absolute Gasteiger partial charge is 0.246 e. The summed E-state index contributed by atoms with van der Waals surface area (Å²) in [5, 5.41) is 18.0. The normalized spacial score (nSPS) is 19.1. The van der Waals surface area contributed by atoms with E-state index >= 15 is 0 Å². The van der Waals surface area contributed by atoms with Crippen LogP contribution in [-0.2, 0) is 4.79 Å². The maximum absolute atomic E-state index is 11.8. The Balaban J connectivity index is 1.97. The van der Waals surface area contributed by atoms with E-state index < -0.39 is 6.10 Å². The molecule has 1 heterocycles. The lowest BCUT2D eigenvalue weighted by molar-refractivity contribution is -0.125. The number of aliphatic hydroxyl groups is 1. The molecule has 92 valence electrons. The molecule has 1 aliphatic heterocycles. The third kappa shape index (κ3) is 2.96. The van der Waals surface area contributed by atoms with Gasteiger partial charge in [0.2, 0.25) is 5.91 Å². The van der Waals surface area contributed by atoms with Gasteiger partial charge in [-0.2, -0.15) is 5.26 Å². The van der Waals surface area contributed by atoms with Crippen molar-refractivity contribution in [3.63, 3.8) is 0 Å². The van der Waals surface area contributed by atoms with Crippen LogP contribution in [0.4, 0.5) is 0 Å². The van der Waals surface area contributed by atoms with E-state index in [0.29, 0.717) is 25.1 Å². The molecule has 1 fully saturated rings. The van der Waals surface area contributed by atoms with Crippen LogP contribution < -0.4 is 0 Å². The quantitative estimate of drug-likeness (QED) is 0.792. The number of β-amino-alcohol motifs (C(OH)–C–C–N with tert-alkyl or cyclic N) is 1. The molecule has 2 rings (SSSR count). The summed E-state index contributed by atoms with van der Waals surface area (Å²) >= 11 is 0. The van der Waals surface area contributed by atoms with Gasteiger partial charge in [0.15, 0.2) is 0 Å². The standard InChI is InChI=1S/C14H14N2O2/c15-9-12-3-1-11(2-4-12)5-6-14(18)16-8-7-13(17)10-16/h1-6,13,17H,7-8,10H2/b6-5+/t13-/m0/s1. The molecule has 0 saturated carbocycles. The Kier molecular flexibility index (Phi) is 3.75. The van der Waals surface area contributed by atoms with Gasteiger partial charge in [-0.05, 0) is 30.2 Å². The molecule has 18 heavy (non-hydrogen) atoms. The zero-order chi connectivity index (χ0) is 13.0. The van der Waals surface area contributed by atoms with Crippen LogP contribution in [0.1, 0.15) is 17.5 Å². The second-order valence-corrected chi connectivity index (χ2v) is 4.29. The maximum Gasteiger partial charge on any atom is 0.246 e. The number of carbonyl (C=O) groups is 1. The Hall–Kier alpha value is -2.12. The fourth-order valence-electron chi connectivity index (χ4n) is 1.88. The number of likely N-dealkylation sites (tertiary alicyclic amines) is 1. The Labute approximate surface area is 106 Å². The second kappa shape index (κ2) is 5.48. The van der Waals surface area contributed by atoms with Crippen LogP contribution in [0.25, 0.3) is 6.08 Å². The van der Waals surface area contributed by atoms with E-state index in [-0.39, 0.29) is 5.91 Å². The van der Waals surface area contributed by atoms with Crippen molar-refractivity contribution in [1.82, 2.24) is 4.90 Å². The summed E-state index contributed by atoms with van der Waals surface area (Å²) in [6.45, 7) is 1.02. The van der Waals surface area contributed by atoms with E-state index in [0.717, 1.165) is 5.56 Å². The Bertz CT molecular complexity index is 500. The average Bonchev–Trinajstić information content (AvgIpc) is 2.83. The SMILES string of the molecule is N#Cc1ccc(/C=C/C(=O)N2CC[C@H](O)C2)cc1. The van der Waals surface area contributed by atoms with Gasteiger partial charge in [0.25, 0.3) is 0 Å². The highest BCUT2D eigenvalue weighted by atomic mass is 16.3. The van der Waals surface area contributed by atoms with Gasteiger partial charge in [-0.1, -0.05) is 12.1 Å². The molecule has 0 unspecified atom stereocenters. The van der Waals surface area contributed by atoms with Crippen molar-refractivity contribution in [2.24, 2.45) is 0 Å². The van der Waals surface area contributed by atoms with Crippen LogP contribution in [0.5, 0.6) is 0 Å². The first-order valence-corrected chi connectivity index (χ1v) is 5.84. The summed E-state index contributed by atoms with van der Waals surface area (Å²) in [6.07, 6.45) is 3.47. The van der Waals surface area contributed by atoms with Gasteiger partial charge < -0.3 is 10.0 Å². The fraction of sp³-hybridized carbons (Fsp3) is 0.286. The molecular weight excluding hydrogens is 228 g/mol. The molecule has 1 amide bonds. The maximum atomic E-state index is 11.8. The van der Waals surface area contributed by atoms with E-state index in [1.54, 1.807) is 35.2 Å². The highest BCUT2D eigenvalue weighted by molar-refractivity contribution is 5.92. The lowest BCUT2D eigenvalue weighted by atomic mass is 10.1. The Morgan fingerprint density at radius 2 is 2.17 bits per heavy atom. The number of carbonyl (C=O) groups excluding carboxylic acids is 1. The molecule has 1 aliphatic rings. The molecule has 1 atom stereocenters. The predicted molar refractivity (Wildman–Crippen MR) is 67.4 cm³/mol. The van der Waals surface area contributed by atoms with Gasteiger partial charge in [0.1, 0.15) is 0 Å². The second-order valence-electron chi connectivity index (χ2n) is 4.29. The minimum atomic E-state index is -0.391. The Morgan fingerprint density at radius 1 is 1.44 bits per heavy atom. The summed E-state index contributed by atoms with van der Waals surface area (Å²) < 4.78 is 0. The molecule has 0 aliphatic carbocycles. The molecule has 4 heteroatoms. The lowest BCUT2D eigenvalue weighted by Gasteiger charge is -2.12. The van der Waals surface area contributed by atoms with Gasteiger partial charge in [-0.3, -0.25) is 4.79 Å². The number of amides is 1. The first kappa shape index (κ1) is 12.3. The van der Waals surface area contributed by atoms with Crippen molar-refractivity contribution >= 4 is 12.0 Å². The van der Waals surface area contributed by atoms with Crippen LogP contribution in [0.2, 0.25) is 0 Å². The number of aliphatic hydroxyl groups excluding tert-OH is 1. The molecule has 0 bridgehead atoms. The monoisotopic (exact) mass is 242 g/mol. The average molecular weight is 242 g/mol. The van der Waals surface area contributed by atoms with Gasteiger partial charge >= 0.3 is 0 Å². The van der Waals surface area contributed by atoms with Crippen molar-refractivity contribution in [2.45, 2.75) is 12.5 Å². The molecular formula is C14H14N2O2. The molecule has 0 spiro atoms. The molecule has 1 N–H and O–H groups in total. The van der Waals surface area contributed by atoms with Crippen LogP contribution >= 0.6 is 0 Å². The van der Waals surface area contributed by atoms with E-state index in [2.05, 4.69) is 0 Å². The van der Waals surface area contributed by atoms with Gasteiger partial charge in [0.05, 0.1) is 17.7 Å². The van der Waals surface area contributed by atoms with Gasteiger partial charge in [-0.15, -0.1) is 0 Å². The predicted octanol–water partition coefficient (Wildman–Crippen LogP) is 1.16. The van der Waals surface area contributed by atoms with Crippen molar-refractivity contribution < 1.29 is 9.90 Å². The first-order chi connectivity index (χ1) is 8.69. The summed E-state index contributed by atoms with van der Waals surface area (Å²) in [4.78, 5) is 13.4. The highest BCUT2D eigenvalue weighted by Gasteiger charge is 2.22. The van der Waals surface area contributed by atoms with Crippen molar-refractivity contribution in [2.75, 3.05) is 13.1 Å². The third-order valence-electron chi connectivity index (χ3n) is 2.93. The minimum Gasteiger partial charge on any atom is -0.391 e. The highest BCUT2D eigenvalue weighted by Crippen LogP contribution is 2.10. The van der Waals surface area contributed by atoms with Crippen LogP contribution in [-0.4, -0.2) is 35.1 Å². The molecule has 4 nitrogen and oxygen atoms in total. The molecule has 0 radical (unpaired) electrons. The third-order valence-corrected chi connectivity index (χ3v) is 2.93. The largest absolute Gasteiger partial charge is 0.391 e. The van der Waals surface area contributed by atoms with Crippen molar-refractivity contribution in [1.29, 1.82) is 5.26 Å². The van der Waals surface area contributed by atoms with Crippen LogP contribution in [0.15, 0.2) is 30.3 Å². The lowest BCUT2D eigenvalue weighted by Crippen LogP contribution is -2.27. The van der Waals surface area contributed by atoms with Gasteiger partial charge in [0, 0.05) is 19.2 Å². The number of nitriles is 1. The van der Waals surface area contributed by atoms with Gasteiger partial charge in [-0.25, -0.2) is 0 Å². The fourth-order valence-corrected chi connectivity index (χ4v) is 1.88. The number of hydrogen-bond donors (Lipinski definition) is 1. The van der Waals surface area contributed by atoms with Crippen molar-refractivity contribution in [3.8, 4) is 6.07 Å². The summed E-state index contributed by atoms with van der Waals surface area (Å²) in [6, 6.07) is 9.05. The van der Waals surface area contributed by atoms with E-state index in [1.165, 1.54) is 6.08 Å². The minimum absolute atomic E-state index is 0.0871. The van der Waals surface area contributed by atoms with Crippen molar-refractivity contribution in [3.05, 3.63) is 41.5 Å². The molecule has 1 aromatic rings. The first-order valence-electron chi connectivity index (χ1n) is 5.84. The topological polar surface area (TPSA) is 64.3 Å². The number of benzene rings is 1. The summed E-state index contributed by atoms with van der Waals surface area (Å²) in [5.41, 5.74) is 1.48. The molecule has 1 saturated heterocycles. The summed E-state index contributed by atoms with van der Waals surface area (Å²) in [5.74, 6) is -0.0871. The Morgan fingerprint density at radius 3 is 2.72 bits per heavy atom. The van der Waals surface area contributed by atoms with E-state index in [1.807, 2.05) is 6.07 Å². The van der Waals surface area contributed by atoms with E-state index in [9.17, 15) is 9.90 Å². The molecule has 0 aromatic heterocycles. The zero-order valence-corrected chi connectivity index (χ0v) is 9.91. The van der Waals surface area contributed by atoms with Crippen LogP contribution in [0, 0.1) is 11.3 Å². The van der Waals surface area contributed by atoms with Crippen LogP contribution in [0.3, 0.4) is 0 Å². The number of hydrogen-bond acceptors (Lipinski definition) is 3. The zero-order valence-electron chi connectivity index (χ0n) is 9.91. The van der Waals surface area contributed by atoms with E-state index in [4.69, 9.17) is 5.26 Å². The molecule has 1 aromatic carbocycles. The summed E-state index contributed by atoms with van der Waals surface area (Å²) in [7, 11) is 0.